The topological polar surface area (TPSA) is 90.5 Å². The van der Waals surface area contributed by atoms with Gasteiger partial charge in [0.25, 0.3) is 0 Å². The third-order valence-corrected chi connectivity index (χ3v) is 4.95. The average Bonchev–Trinajstić information content (AvgIpc) is 3.44. The van der Waals surface area contributed by atoms with Gasteiger partial charge in [-0.25, -0.2) is 4.68 Å². The molecule has 0 saturated heterocycles. The van der Waals surface area contributed by atoms with E-state index in [-0.39, 0.29) is 12.5 Å². The minimum Gasteiger partial charge on any atom is -0.309 e. The Balaban J connectivity index is 1.29. The van der Waals surface area contributed by atoms with Crippen LogP contribution >= 0.6 is 0 Å². The minimum absolute atomic E-state index is 0.0424. The Morgan fingerprint density at radius 2 is 1.71 bits per heavy atom. The van der Waals surface area contributed by atoms with E-state index in [9.17, 15) is 4.79 Å². The maximum Gasteiger partial charge on any atom is 0.249 e. The van der Waals surface area contributed by atoms with Crippen molar-refractivity contribution in [3.63, 3.8) is 0 Å². The Morgan fingerprint density at radius 1 is 0.903 bits per heavy atom. The van der Waals surface area contributed by atoms with Crippen molar-refractivity contribution in [2.45, 2.75) is 13.1 Å². The van der Waals surface area contributed by atoms with E-state index in [1.807, 2.05) is 48.5 Å². The molecule has 3 aromatic carbocycles. The molecule has 0 unspecified atom stereocenters. The van der Waals surface area contributed by atoms with E-state index in [0.29, 0.717) is 18.2 Å². The number of rotatable bonds is 6. The van der Waals surface area contributed by atoms with E-state index in [2.05, 4.69) is 50.1 Å². The number of anilines is 1. The van der Waals surface area contributed by atoms with Crippen LogP contribution in [0.1, 0.15) is 5.56 Å². The molecule has 1 N–H and O–H groups in total. The van der Waals surface area contributed by atoms with Crippen LogP contribution in [0.15, 0.2) is 85.1 Å². The fourth-order valence-electron chi connectivity index (χ4n) is 3.48. The van der Waals surface area contributed by atoms with Crippen molar-refractivity contribution in [1.29, 1.82) is 0 Å². The van der Waals surface area contributed by atoms with Gasteiger partial charge in [0, 0.05) is 11.6 Å². The second-order valence-corrected chi connectivity index (χ2v) is 7.07. The number of tetrazole rings is 1. The number of nitrogens with one attached hydrogen (secondary N) is 1. The molecule has 2 heterocycles. The summed E-state index contributed by atoms with van der Waals surface area (Å²) in [7, 11) is 0. The molecule has 1 amide bonds. The number of carbonyl (C=O) groups excluding carboxylic acids is 1. The summed E-state index contributed by atoms with van der Waals surface area (Å²) in [6.07, 6.45) is 1.67. The molecule has 8 heteroatoms. The number of fused-ring (bicyclic) bond motifs is 1. The summed E-state index contributed by atoms with van der Waals surface area (Å²) < 4.78 is 1.77. The van der Waals surface area contributed by atoms with E-state index < -0.39 is 0 Å². The number of nitrogens with zero attached hydrogens (tertiary/aromatic N) is 6. The zero-order valence-electron chi connectivity index (χ0n) is 16.6. The van der Waals surface area contributed by atoms with Crippen LogP contribution in [0, 0.1) is 0 Å². The normalized spacial score (nSPS) is 11.0. The first kappa shape index (κ1) is 18.7. The largest absolute Gasteiger partial charge is 0.309 e. The summed E-state index contributed by atoms with van der Waals surface area (Å²) in [6, 6.07) is 25.7. The quantitative estimate of drug-likeness (QED) is 0.464. The van der Waals surface area contributed by atoms with Gasteiger partial charge in [0.05, 0.1) is 12.7 Å². The van der Waals surface area contributed by atoms with Crippen LogP contribution in [0.25, 0.3) is 22.2 Å². The van der Waals surface area contributed by atoms with Crippen LogP contribution in [-0.4, -0.2) is 35.9 Å². The Kier molecular flexibility index (Phi) is 4.94. The molecule has 0 bridgehead atoms. The number of benzene rings is 3. The second kappa shape index (κ2) is 8.19. The number of hydrogen-bond donors (Lipinski definition) is 1. The van der Waals surface area contributed by atoms with Crippen LogP contribution < -0.4 is 5.32 Å². The summed E-state index contributed by atoms with van der Waals surface area (Å²) in [5.74, 6) is 0.840. The predicted octanol–water partition coefficient (Wildman–Crippen LogP) is 3.38. The highest BCUT2D eigenvalue weighted by Crippen LogP contribution is 2.20. The summed E-state index contributed by atoms with van der Waals surface area (Å²) in [4.78, 5) is 13.8. The summed E-state index contributed by atoms with van der Waals surface area (Å²) in [6.45, 7) is 0.503. The smallest absolute Gasteiger partial charge is 0.249 e. The van der Waals surface area contributed by atoms with Crippen molar-refractivity contribution in [3.8, 4) is 11.4 Å². The number of amides is 1. The zero-order valence-corrected chi connectivity index (χ0v) is 16.6. The maximum absolute atomic E-state index is 12.6. The Morgan fingerprint density at radius 3 is 2.61 bits per heavy atom. The SMILES string of the molecule is O=C(Cn1nnc(-c2ccccc2)n1)Nc1ccnn1Cc1cccc2ccccc12. The van der Waals surface area contributed by atoms with Crippen molar-refractivity contribution in [3.05, 3.63) is 90.6 Å². The van der Waals surface area contributed by atoms with Crippen LogP contribution in [0.5, 0.6) is 0 Å². The highest BCUT2D eigenvalue weighted by molar-refractivity contribution is 5.89. The first-order valence-corrected chi connectivity index (χ1v) is 9.88. The lowest BCUT2D eigenvalue weighted by Crippen LogP contribution is -2.22. The monoisotopic (exact) mass is 409 g/mol. The van der Waals surface area contributed by atoms with E-state index >= 15 is 0 Å². The molecular weight excluding hydrogens is 390 g/mol. The van der Waals surface area contributed by atoms with Gasteiger partial charge in [-0.15, -0.1) is 10.2 Å². The molecule has 0 saturated carbocycles. The molecular formula is C23H19N7O. The van der Waals surface area contributed by atoms with Gasteiger partial charge >= 0.3 is 0 Å². The van der Waals surface area contributed by atoms with E-state index in [1.165, 1.54) is 10.2 Å². The molecule has 5 aromatic rings. The summed E-state index contributed by atoms with van der Waals surface area (Å²) in [5.41, 5.74) is 1.98. The van der Waals surface area contributed by atoms with Gasteiger partial charge < -0.3 is 5.32 Å². The van der Waals surface area contributed by atoms with Crippen molar-refractivity contribution in [2.24, 2.45) is 0 Å². The first-order chi connectivity index (χ1) is 15.3. The van der Waals surface area contributed by atoms with Crippen molar-refractivity contribution in [1.82, 2.24) is 30.0 Å². The van der Waals surface area contributed by atoms with Crippen LogP contribution in [-0.2, 0) is 17.9 Å². The molecule has 0 aliphatic rings. The van der Waals surface area contributed by atoms with Gasteiger partial charge in [0.1, 0.15) is 12.4 Å². The molecule has 0 fully saturated rings. The van der Waals surface area contributed by atoms with E-state index in [4.69, 9.17) is 0 Å². The number of aromatic nitrogens is 6. The van der Waals surface area contributed by atoms with Crippen LogP contribution in [0.2, 0.25) is 0 Å². The van der Waals surface area contributed by atoms with Gasteiger partial charge in [-0.1, -0.05) is 72.8 Å². The Bertz CT molecular complexity index is 1340. The predicted molar refractivity (Wildman–Crippen MR) is 117 cm³/mol. The Labute approximate surface area is 178 Å². The van der Waals surface area contributed by atoms with Gasteiger partial charge in [-0.3, -0.25) is 4.79 Å². The van der Waals surface area contributed by atoms with Crippen molar-refractivity contribution >= 4 is 22.5 Å². The van der Waals surface area contributed by atoms with Gasteiger partial charge in [0.2, 0.25) is 11.7 Å². The summed E-state index contributed by atoms with van der Waals surface area (Å²) >= 11 is 0. The molecule has 0 atom stereocenters. The minimum atomic E-state index is -0.253. The molecule has 2 aromatic heterocycles. The molecule has 0 radical (unpaired) electrons. The molecule has 5 rings (SSSR count). The lowest BCUT2D eigenvalue weighted by atomic mass is 10.0. The fourth-order valence-corrected chi connectivity index (χ4v) is 3.48. The summed E-state index contributed by atoms with van der Waals surface area (Å²) in [5, 5.41) is 21.9. The van der Waals surface area contributed by atoms with Crippen LogP contribution in [0.4, 0.5) is 5.82 Å². The van der Waals surface area contributed by atoms with Crippen molar-refractivity contribution in [2.75, 3.05) is 5.32 Å². The van der Waals surface area contributed by atoms with E-state index in [0.717, 1.165) is 16.5 Å². The van der Waals surface area contributed by atoms with Gasteiger partial charge in [0.15, 0.2) is 0 Å². The van der Waals surface area contributed by atoms with Crippen LogP contribution in [0.3, 0.4) is 0 Å². The van der Waals surface area contributed by atoms with Gasteiger partial charge in [-0.2, -0.15) is 9.90 Å². The zero-order chi connectivity index (χ0) is 21.0. The molecule has 0 aliphatic heterocycles. The number of hydrogen-bond acceptors (Lipinski definition) is 5. The van der Waals surface area contributed by atoms with Crippen molar-refractivity contribution < 1.29 is 4.79 Å². The fraction of sp³-hybridized carbons (Fsp3) is 0.0870. The third-order valence-electron chi connectivity index (χ3n) is 4.95. The van der Waals surface area contributed by atoms with Gasteiger partial charge in [-0.05, 0) is 21.5 Å². The van der Waals surface area contributed by atoms with E-state index in [1.54, 1.807) is 16.9 Å². The highest BCUT2D eigenvalue weighted by atomic mass is 16.2. The highest BCUT2D eigenvalue weighted by Gasteiger charge is 2.12. The molecule has 152 valence electrons. The number of carbonyl (C=O) groups is 1. The molecule has 0 spiro atoms. The first-order valence-electron chi connectivity index (χ1n) is 9.88. The molecule has 31 heavy (non-hydrogen) atoms. The molecule has 8 nitrogen and oxygen atoms in total. The third kappa shape index (κ3) is 4.04. The standard InChI is InChI=1S/C23H19N7O/c31-22(16-30-27-23(26-28-30)18-8-2-1-3-9-18)25-21-13-14-24-29(21)15-19-11-6-10-17-7-4-5-12-20(17)19/h1-14H,15-16H2,(H,25,31). The maximum atomic E-state index is 12.6. The second-order valence-electron chi connectivity index (χ2n) is 7.07. The lowest BCUT2D eigenvalue weighted by molar-refractivity contribution is -0.117. The average molecular weight is 409 g/mol. The lowest BCUT2D eigenvalue weighted by Gasteiger charge is -2.11. The Hall–Kier alpha value is -4.33. The molecule has 0 aliphatic carbocycles.